The molecule has 0 spiro atoms. The summed E-state index contributed by atoms with van der Waals surface area (Å²) in [6, 6.07) is 3.65. The second-order valence-electron chi connectivity index (χ2n) is 4.34. The monoisotopic (exact) mass is 220 g/mol. The first-order chi connectivity index (χ1) is 7.60. The fourth-order valence-electron chi connectivity index (χ4n) is 1.93. The summed E-state index contributed by atoms with van der Waals surface area (Å²) in [6.45, 7) is 3.97. The molecule has 1 fully saturated rings. The van der Waals surface area contributed by atoms with Crippen LogP contribution in [0.1, 0.15) is 35.8 Å². The van der Waals surface area contributed by atoms with Gasteiger partial charge < -0.3 is 10.4 Å². The summed E-state index contributed by atoms with van der Waals surface area (Å²) in [6.07, 6.45) is 2.32. The van der Waals surface area contributed by atoms with Crippen molar-refractivity contribution in [2.45, 2.75) is 32.7 Å². The van der Waals surface area contributed by atoms with E-state index in [0.29, 0.717) is 17.4 Å². The van der Waals surface area contributed by atoms with Crippen LogP contribution in [0.15, 0.2) is 12.1 Å². The van der Waals surface area contributed by atoms with Gasteiger partial charge in [0.2, 0.25) is 0 Å². The summed E-state index contributed by atoms with van der Waals surface area (Å²) < 4.78 is 0. The van der Waals surface area contributed by atoms with Crippen molar-refractivity contribution in [3.63, 3.8) is 0 Å². The molecule has 16 heavy (non-hydrogen) atoms. The quantitative estimate of drug-likeness (QED) is 0.817. The van der Waals surface area contributed by atoms with Crippen LogP contribution >= 0.6 is 0 Å². The van der Waals surface area contributed by atoms with Crippen molar-refractivity contribution in [1.82, 2.24) is 4.98 Å². The number of nitrogens with zero attached hydrogens (tertiary/aromatic N) is 1. The van der Waals surface area contributed by atoms with Crippen LogP contribution < -0.4 is 5.32 Å². The topological polar surface area (TPSA) is 62.2 Å². The summed E-state index contributed by atoms with van der Waals surface area (Å²) in [7, 11) is 0. The number of hydrogen-bond donors (Lipinski definition) is 2. The van der Waals surface area contributed by atoms with Crippen molar-refractivity contribution in [2.75, 3.05) is 5.32 Å². The summed E-state index contributed by atoms with van der Waals surface area (Å²) in [5.41, 5.74) is 1.03. The number of aromatic nitrogens is 1. The number of aryl methyl sites for hydroxylation is 1. The lowest BCUT2D eigenvalue weighted by atomic mass is 10.2. The molecule has 1 aromatic rings. The van der Waals surface area contributed by atoms with Gasteiger partial charge in [-0.1, -0.05) is 13.3 Å². The second kappa shape index (κ2) is 4.12. The van der Waals surface area contributed by atoms with Gasteiger partial charge in [0.05, 0.1) is 5.56 Å². The third kappa shape index (κ3) is 2.32. The summed E-state index contributed by atoms with van der Waals surface area (Å²) in [5, 5.41) is 12.2. The number of carbonyl (C=O) groups is 1. The summed E-state index contributed by atoms with van der Waals surface area (Å²) in [5.74, 6) is 0.491. The number of rotatable bonds is 4. The minimum atomic E-state index is -0.906. The molecule has 0 radical (unpaired) electrons. The zero-order valence-corrected chi connectivity index (χ0v) is 9.53. The van der Waals surface area contributed by atoms with Crippen LogP contribution in [0.3, 0.4) is 0 Å². The van der Waals surface area contributed by atoms with E-state index in [1.807, 2.05) is 6.92 Å². The third-order valence-corrected chi connectivity index (χ3v) is 2.98. The Morgan fingerprint density at radius 3 is 2.94 bits per heavy atom. The number of carboxylic acids is 1. The first-order valence-corrected chi connectivity index (χ1v) is 5.58. The maximum atomic E-state index is 10.9. The highest BCUT2D eigenvalue weighted by Crippen LogP contribution is 2.35. The molecular weight excluding hydrogens is 204 g/mol. The fourth-order valence-corrected chi connectivity index (χ4v) is 1.93. The number of aromatic carboxylic acids is 1. The maximum Gasteiger partial charge on any atom is 0.335 e. The van der Waals surface area contributed by atoms with Crippen LogP contribution in [0, 0.1) is 12.8 Å². The molecule has 4 nitrogen and oxygen atoms in total. The Labute approximate surface area is 94.7 Å². The lowest BCUT2D eigenvalue weighted by Gasteiger charge is -2.06. The maximum absolute atomic E-state index is 10.9. The van der Waals surface area contributed by atoms with Gasteiger partial charge in [-0.15, -0.1) is 0 Å². The van der Waals surface area contributed by atoms with E-state index in [-0.39, 0.29) is 0 Å². The Kier molecular flexibility index (Phi) is 2.81. The van der Waals surface area contributed by atoms with Gasteiger partial charge in [0.25, 0.3) is 0 Å². The van der Waals surface area contributed by atoms with Gasteiger partial charge in [-0.05, 0) is 31.4 Å². The number of carboxylic acid groups (broad SMARTS) is 1. The molecular formula is C12H16N2O2. The molecule has 1 heterocycles. The van der Waals surface area contributed by atoms with E-state index in [2.05, 4.69) is 17.2 Å². The normalized spacial score (nSPS) is 22.9. The van der Waals surface area contributed by atoms with Crippen molar-refractivity contribution in [1.29, 1.82) is 0 Å². The van der Waals surface area contributed by atoms with Crippen LogP contribution in [0.2, 0.25) is 0 Å². The Morgan fingerprint density at radius 1 is 1.62 bits per heavy atom. The molecule has 1 aromatic heterocycles. The molecule has 4 heteroatoms. The summed E-state index contributed by atoms with van der Waals surface area (Å²) in [4.78, 5) is 15.2. The molecule has 2 atom stereocenters. The van der Waals surface area contributed by atoms with Crippen LogP contribution in [0.4, 0.5) is 5.82 Å². The van der Waals surface area contributed by atoms with Crippen LogP contribution in [0.5, 0.6) is 0 Å². The largest absolute Gasteiger partial charge is 0.478 e. The van der Waals surface area contributed by atoms with Crippen LogP contribution in [0.25, 0.3) is 0 Å². The molecule has 1 aliphatic carbocycles. The molecule has 0 amide bonds. The van der Waals surface area contributed by atoms with Crippen molar-refractivity contribution < 1.29 is 9.90 Å². The first-order valence-electron chi connectivity index (χ1n) is 5.58. The van der Waals surface area contributed by atoms with Gasteiger partial charge in [0.1, 0.15) is 5.82 Å². The van der Waals surface area contributed by atoms with Crippen molar-refractivity contribution in [3.05, 3.63) is 23.4 Å². The second-order valence-corrected chi connectivity index (χ2v) is 4.34. The van der Waals surface area contributed by atoms with E-state index in [0.717, 1.165) is 24.5 Å². The Bertz CT molecular complexity index is 417. The van der Waals surface area contributed by atoms with Crippen LogP contribution in [-0.4, -0.2) is 22.1 Å². The number of nitrogens with one attached hydrogen (secondary N) is 1. The zero-order chi connectivity index (χ0) is 11.7. The Balaban J connectivity index is 2.12. The molecule has 2 unspecified atom stereocenters. The van der Waals surface area contributed by atoms with Crippen molar-refractivity contribution in [2.24, 2.45) is 5.92 Å². The van der Waals surface area contributed by atoms with E-state index < -0.39 is 5.97 Å². The molecule has 0 bridgehead atoms. The van der Waals surface area contributed by atoms with Gasteiger partial charge in [-0.2, -0.15) is 0 Å². The number of anilines is 1. The van der Waals surface area contributed by atoms with Gasteiger partial charge in [0.15, 0.2) is 0 Å². The van der Waals surface area contributed by atoms with E-state index in [1.54, 1.807) is 12.1 Å². The van der Waals surface area contributed by atoms with E-state index >= 15 is 0 Å². The molecule has 0 aromatic carbocycles. The Hall–Kier alpha value is -1.58. The van der Waals surface area contributed by atoms with Crippen molar-refractivity contribution >= 4 is 11.8 Å². The average molecular weight is 220 g/mol. The van der Waals surface area contributed by atoms with E-state index in [1.165, 1.54) is 0 Å². The minimum Gasteiger partial charge on any atom is -0.478 e. The molecule has 0 aliphatic heterocycles. The molecule has 1 saturated carbocycles. The third-order valence-electron chi connectivity index (χ3n) is 2.98. The standard InChI is InChI=1S/C12H16N2O2/c1-3-8-5-10(8)14-11-6-9(12(15)16)4-7(2)13-11/h4,6,8,10H,3,5H2,1-2H3,(H,13,14)(H,15,16). The van der Waals surface area contributed by atoms with Gasteiger partial charge in [-0.25, -0.2) is 9.78 Å². The highest BCUT2D eigenvalue weighted by Gasteiger charge is 2.35. The molecule has 2 N–H and O–H groups in total. The highest BCUT2D eigenvalue weighted by atomic mass is 16.4. The zero-order valence-electron chi connectivity index (χ0n) is 9.53. The molecule has 0 saturated heterocycles. The van der Waals surface area contributed by atoms with Gasteiger partial charge in [0, 0.05) is 11.7 Å². The van der Waals surface area contributed by atoms with Gasteiger partial charge >= 0.3 is 5.97 Å². The summed E-state index contributed by atoms with van der Waals surface area (Å²) >= 11 is 0. The first kappa shape index (κ1) is 10.9. The van der Waals surface area contributed by atoms with Crippen LogP contribution in [-0.2, 0) is 0 Å². The minimum absolute atomic E-state index is 0.295. The molecule has 86 valence electrons. The fraction of sp³-hybridized carbons (Fsp3) is 0.500. The van der Waals surface area contributed by atoms with Crippen molar-refractivity contribution in [3.8, 4) is 0 Å². The highest BCUT2D eigenvalue weighted by molar-refractivity contribution is 5.88. The average Bonchev–Trinajstić information content (AvgIpc) is 2.95. The molecule has 2 rings (SSSR count). The predicted molar refractivity (Wildman–Crippen MR) is 61.7 cm³/mol. The lowest BCUT2D eigenvalue weighted by Crippen LogP contribution is -2.08. The smallest absolute Gasteiger partial charge is 0.335 e. The SMILES string of the molecule is CCC1CC1Nc1cc(C(=O)O)cc(C)n1. The lowest BCUT2D eigenvalue weighted by molar-refractivity contribution is 0.0696. The van der Waals surface area contributed by atoms with E-state index in [9.17, 15) is 4.79 Å². The number of pyridine rings is 1. The Morgan fingerprint density at radius 2 is 2.38 bits per heavy atom. The van der Waals surface area contributed by atoms with E-state index in [4.69, 9.17) is 5.11 Å². The number of hydrogen-bond acceptors (Lipinski definition) is 3. The van der Waals surface area contributed by atoms with Gasteiger partial charge in [-0.3, -0.25) is 0 Å². The predicted octanol–water partition coefficient (Wildman–Crippen LogP) is 2.30. The molecule has 1 aliphatic rings.